The molecule has 0 aromatic heterocycles. The lowest BCUT2D eigenvalue weighted by atomic mass is 9.97. The molecule has 0 bridgehead atoms. The van der Waals surface area contributed by atoms with Gasteiger partial charge in [-0.05, 0) is 44.0 Å². The maximum absolute atomic E-state index is 12.0. The van der Waals surface area contributed by atoms with E-state index in [1.165, 1.54) is 0 Å². The van der Waals surface area contributed by atoms with Crippen LogP contribution < -0.4 is 11.1 Å². The summed E-state index contributed by atoms with van der Waals surface area (Å²) in [6.07, 6.45) is 1.73. The minimum absolute atomic E-state index is 0.0549. The zero-order valence-corrected chi connectivity index (χ0v) is 11.8. The van der Waals surface area contributed by atoms with Gasteiger partial charge in [-0.15, -0.1) is 0 Å². The number of carbonyl (C=O) groups is 2. The summed E-state index contributed by atoms with van der Waals surface area (Å²) in [6, 6.07) is 7.69. The third-order valence-corrected chi connectivity index (χ3v) is 3.58. The van der Waals surface area contributed by atoms with Crippen LogP contribution in [0.5, 0.6) is 0 Å². The summed E-state index contributed by atoms with van der Waals surface area (Å²) in [4.78, 5) is 25.2. The number of nitrogens with two attached hydrogens (primary N) is 1. The number of aryl methyl sites for hydroxylation is 1. The molecular weight excluding hydrogens is 254 g/mol. The molecule has 1 atom stereocenters. The van der Waals surface area contributed by atoms with Crippen LogP contribution in [0.2, 0.25) is 0 Å². The number of likely N-dealkylation sites (tertiary alicyclic amines) is 1. The van der Waals surface area contributed by atoms with Gasteiger partial charge in [0.05, 0.1) is 12.5 Å². The average molecular weight is 275 g/mol. The van der Waals surface area contributed by atoms with E-state index >= 15 is 0 Å². The van der Waals surface area contributed by atoms with Gasteiger partial charge in [-0.2, -0.15) is 0 Å². The van der Waals surface area contributed by atoms with Crippen LogP contribution in [0, 0.1) is 12.8 Å². The molecular formula is C15H21N3O2. The molecule has 20 heavy (non-hydrogen) atoms. The van der Waals surface area contributed by atoms with Crippen molar-refractivity contribution in [1.82, 2.24) is 4.90 Å². The molecule has 1 aliphatic rings. The van der Waals surface area contributed by atoms with Crippen molar-refractivity contribution < 1.29 is 9.59 Å². The fraction of sp³-hybridized carbons (Fsp3) is 0.467. The molecule has 1 aromatic rings. The maximum Gasteiger partial charge on any atom is 0.238 e. The second kappa shape index (κ2) is 6.52. The van der Waals surface area contributed by atoms with E-state index in [0.29, 0.717) is 13.1 Å². The molecule has 3 N–H and O–H groups in total. The minimum atomic E-state index is -0.270. The Balaban J connectivity index is 1.86. The van der Waals surface area contributed by atoms with E-state index in [-0.39, 0.29) is 17.7 Å². The number of rotatable bonds is 4. The molecule has 1 aromatic carbocycles. The van der Waals surface area contributed by atoms with Crippen LogP contribution in [0.25, 0.3) is 0 Å². The Labute approximate surface area is 119 Å². The van der Waals surface area contributed by atoms with Gasteiger partial charge in [0.2, 0.25) is 11.8 Å². The van der Waals surface area contributed by atoms with Gasteiger partial charge in [-0.1, -0.05) is 12.1 Å². The molecule has 1 saturated heterocycles. The van der Waals surface area contributed by atoms with Crippen LogP contribution in [-0.4, -0.2) is 36.3 Å². The molecule has 5 heteroatoms. The summed E-state index contributed by atoms with van der Waals surface area (Å²) in [6.45, 7) is 3.71. The third kappa shape index (κ3) is 4.06. The summed E-state index contributed by atoms with van der Waals surface area (Å²) < 4.78 is 0. The first-order valence-corrected chi connectivity index (χ1v) is 6.93. The van der Waals surface area contributed by atoms with E-state index in [0.717, 1.165) is 30.6 Å². The van der Waals surface area contributed by atoms with E-state index in [1.807, 2.05) is 36.1 Å². The number of hydrogen-bond acceptors (Lipinski definition) is 3. The lowest BCUT2D eigenvalue weighted by molar-refractivity contribution is -0.125. The Kier molecular flexibility index (Phi) is 4.74. The zero-order chi connectivity index (χ0) is 14.5. The fourth-order valence-electron chi connectivity index (χ4n) is 2.56. The summed E-state index contributed by atoms with van der Waals surface area (Å²) in [5, 5.41) is 2.88. The lowest BCUT2D eigenvalue weighted by Crippen LogP contribution is -2.44. The summed E-state index contributed by atoms with van der Waals surface area (Å²) in [7, 11) is 0. The van der Waals surface area contributed by atoms with Crippen molar-refractivity contribution in [2.45, 2.75) is 19.8 Å². The quantitative estimate of drug-likeness (QED) is 0.865. The zero-order valence-electron chi connectivity index (χ0n) is 11.8. The van der Waals surface area contributed by atoms with E-state index in [1.54, 1.807) is 0 Å². The van der Waals surface area contributed by atoms with Crippen LogP contribution in [0.15, 0.2) is 24.3 Å². The number of piperidine rings is 1. The average Bonchev–Trinajstić information content (AvgIpc) is 2.38. The number of benzene rings is 1. The topological polar surface area (TPSA) is 75.4 Å². The molecule has 108 valence electrons. The minimum Gasteiger partial charge on any atom is -0.369 e. The van der Waals surface area contributed by atoms with Gasteiger partial charge in [-0.3, -0.25) is 14.5 Å². The molecule has 2 amide bonds. The lowest BCUT2D eigenvalue weighted by Gasteiger charge is -2.30. The van der Waals surface area contributed by atoms with Gasteiger partial charge in [0.25, 0.3) is 0 Å². The molecule has 1 fully saturated rings. The van der Waals surface area contributed by atoms with Crippen molar-refractivity contribution in [2.75, 3.05) is 25.0 Å². The molecule has 1 heterocycles. The molecule has 1 aliphatic heterocycles. The molecule has 0 radical (unpaired) electrons. The summed E-state index contributed by atoms with van der Waals surface area (Å²) >= 11 is 0. The van der Waals surface area contributed by atoms with Crippen molar-refractivity contribution >= 4 is 17.5 Å². The van der Waals surface area contributed by atoms with E-state index in [2.05, 4.69) is 5.32 Å². The molecule has 0 unspecified atom stereocenters. The highest BCUT2D eigenvalue weighted by Crippen LogP contribution is 2.16. The molecule has 0 spiro atoms. The van der Waals surface area contributed by atoms with Crippen LogP contribution in [-0.2, 0) is 9.59 Å². The third-order valence-electron chi connectivity index (χ3n) is 3.58. The smallest absolute Gasteiger partial charge is 0.238 e. The van der Waals surface area contributed by atoms with Crippen molar-refractivity contribution in [3.63, 3.8) is 0 Å². The maximum atomic E-state index is 12.0. The van der Waals surface area contributed by atoms with Gasteiger partial charge in [0.15, 0.2) is 0 Å². The Bertz CT molecular complexity index is 502. The van der Waals surface area contributed by atoms with Gasteiger partial charge in [0.1, 0.15) is 0 Å². The number of anilines is 1. The molecule has 0 saturated carbocycles. The van der Waals surface area contributed by atoms with Gasteiger partial charge < -0.3 is 11.1 Å². The number of nitrogens with zero attached hydrogens (tertiary/aromatic N) is 1. The summed E-state index contributed by atoms with van der Waals surface area (Å²) in [5.74, 6) is -0.454. The number of amides is 2. The monoisotopic (exact) mass is 275 g/mol. The molecule has 2 rings (SSSR count). The Hall–Kier alpha value is -1.88. The first-order valence-electron chi connectivity index (χ1n) is 6.93. The highest BCUT2D eigenvalue weighted by Gasteiger charge is 2.25. The van der Waals surface area contributed by atoms with Crippen molar-refractivity contribution in [1.29, 1.82) is 0 Å². The van der Waals surface area contributed by atoms with Crippen LogP contribution in [0.3, 0.4) is 0 Å². The van der Waals surface area contributed by atoms with Crippen molar-refractivity contribution in [2.24, 2.45) is 11.7 Å². The van der Waals surface area contributed by atoms with E-state index < -0.39 is 0 Å². The molecule has 0 aliphatic carbocycles. The Morgan fingerprint density at radius 1 is 1.45 bits per heavy atom. The van der Waals surface area contributed by atoms with Crippen LogP contribution in [0.1, 0.15) is 18.4 Å². The molecule has 5 nitrogen and oxygen atoms in total. The highest BCUT2D eigenvalue weighted by atomic mass is 16.2. The largest absolute Gasteiger partial charge is 0.369 e. The normalized spacial score (nSPS) is 19.6. The first kappa shape index (κ1) is 14.5. The second-order valence-electron chi connectivity index (χ2n) is 5.39. The van der Waals surface area contributed by atoms with Crippen LogP contribution in [0.4, 0.5) is 5.69 Å². The summed E-state index contributed by atoms with van der Waals surface area (Å²) in [5.41, 5.74) is 7.24. The fourth-order valence-corrected chi connectivity index (χ4v) is 2.56. The number of nitrogens with one attached hydrogen (secondary N) is 1. The predicted molar refractivity (Wildman–Crippen MR) is 78.2 cm³/mol. The van der Waals surface area contributed by atoms with Crippen LogP contribution >= 0.6 is 0 Å². The number of primary amides is 1. The second-order valence-corrected chi connectivity index (χ2v) is 5.39. The number of hydrogen-bond donors (Lipinski definition) is 2. The van der Waals surface area contributed by atoms with Crippen molar-refractivity contribution in [3.8, 4) is 0 Å². The predicted octanol–water partition coefficient (Wildman–Crippen LogP) is 1.13. The first-order chi connectivity index (χ1) is 9.54. The van der Waals surface area contributed by atoms with E-state index in [9.17, 15) is 9.59 Å². The van der Waals surface area contributed by atoms with Gasteiger partial charge in [0, 0.05) is 12.2 Å². The highest BCUT2D eigenvalue weighted by molar-refractivity contribution is 5.92. The number of carbonyl (C=O) groups excluding carboxylic acids is 2. The van der Waals surface area contributed by atoms with E-state index in [4.69, 9.17) is 5.73 Å². The standard InChI is InChI=1S/C15H21N3O2/c1-11-4-2-6-13(8-11)17-14(19)10-18-7-3-5-12(9-18)15(16)20/h2,4,6,8,12H,3,5,7,9-10H2,1H3,(H2,16,20)(H,17,19)/t12-/m1/s1. The van der Waals surface area contributed by atoms with Gasteiger partial charge in [-0.25, -0.2) is 0 Å². The van der Waals surface area contributed by atoms with Gasteiger partial charge >= 0.3 is 0 Å². The van der Waals surface area contributed by atoms with Crippen molar-refractivity contribution in [3.05, 3.63) is 29.8 Å². The SMILES string of the molecule is Cc1cccc(NC(=O)CN2CCC[C@@H](C(N)=O)C2)c1. The Morgan fingerprint density at radius 2 is 2.25 bits per heavy atom. The Morgan fingerprint density at radius 3 is 2.95 bits per heavy atom.